The van der Waals surface area contributed by atoms with E-state index < -0.39 is 0 Å². The lowest BCUT2D eigenvalue weighted by molar-refractivity contribution is 0.582. The minimum Gasteiger partial charge on any atom is -0.369 e. The van der Waals surface area contributed by atoms with Gasteiger partial charge in [0.1, 0.15) is 6.04 Å². The molecule has 0 aliphatic carbocycles. The third-order valence-corrected chi connectivity index (χ3v) is 2.70. The molecule has 1 aromatic carbocycles. The average molecular weight is 231 g/mol. The Morgan fingerprint density at radius 1 is 1.29 bits per heavy atom. The van der Waals surface area contributed by atoms with Gasteiger partial charge in [-0.1, -0.05) is 25.1 Å². The number of para-hydroxylation sites is 1. The number of anilines is 1. The van der Waals surface area contributed by atoms with Crippen molar-refractivity contribution >= 4 is 5.69 Å². The molecule has 0 bridgehead atoms. The lowest BCUT2D eigenvalue weighted by Gasteiger charge is -2.25. The smallest absolute Gasteiger partial charge is 0.113 e. The van der Waals surface area contributed by atoms with Gasteiger partial charge in [-0.3, -0.25) is 0 Å². The fourth-order valence-corrected chi connectivity index (χ4v) is 1.75. The van der Waals surface area contributed by atoms with E-state index in [-0.39, 0.29) is 6.04 Å². The normalized spacial score (nSPS) is 11.8. The van der Waals surface area contributed by atoms with Gasteiger partial charge < -0.3 is 10.2 Å². The van der Waals surface area contributed by atoms with Gasteiger partial charge in [-0.25, -0.2) is 0 Å². The van der Waals surface area contributed by atoms with E-state index in [1.807, 2.05) is 18.2 Å². The van der Waals surface area contributed by atoms with Crippen LogP contribution in [0.25, 0.3) is 0 Å². The summed E-state index contributed by atoms with van der Waals surface area (Å²) in [6.07, 6.45) is 1.05. The lowest BCUT2D eigenvalue weighted by Crippen LogP contribution is -2.40. The number of nitrogens with one attached hydrogen (secondary N) is 1. The molecule has 0 fully saturated rings. The first-order valence-electron chi connectivity index (χ1n) is 6.24. The molecule has 0 saturated carbocycles. The van der Waals surface area contributed by atoms with Crippen LogP contribution in [-0.4, -0.2) is 25.7 Å². The van der Waals surface area contributed by atoms with Gasteiger partial charge in [-0.15, -0.1) is 0 Å². The summed E-state index contributed by atoms with van der Waals surface area (Å²) < 4.78 is 0. The fraction of sp³-hybridized carbons (Fsp3) is 0.500. The van der Waals surface area contributed by atoms with E-state index in [4.69, 9.17) is 5.26 Å². The van der Waals surface area contributed by atoms with Crippen LogP contribution in [0.15, 0.2) is 30.3 Å². The number of benzene rings is 1. The van der Waals surface area contributed by atoms with Gasteiger partial charge >= 0.3 is 0 Å². The number of likely N-dealkylation sites (N-methyl/N-ethyl adjacent to an activating group) is 1. The summed E-state index contributed by atoms with van der Waals surface area (Å²) in [5.74, 6) is 0. The van der Waals surface area contributed by atoms with Crippen molar-refractivity contribution in [3.63, 3.8) is 0 Å². The zero-order chi connectivity index (χ0) is 12.5. The van der Waals surface area contributed by atoms with Gasteiger partial charge in [-0.05, 0) is 32.0 Å². The number of rotatable bonds is 7. The van der Waals surface area contributed by atoms with Gasteiger partial charge in [0, 0.05) is 18.8 Å². The predicted octanol–water partition coefficient (Wildman–Crippen LogP) is 2.40. The summed E-state index contributed by atoms with van der Waals surface area (Å²) in [7, 11) is 0. The molecule has 1 aromatic rings. The number of hydrogen-bond donors (Lipinski definition) is 1. The molecule has 0 spiro atoms. The van der Waals surface area contributed by atoms with E-state index in [0.29, 0.717) is 0 Å². The molecule has 3 nitrogen and oxygen atoms in total. The Kier molecular flexibility index (Phi) is 6.13. The molecule has 0 aliphatic rings. The van der Waals surface area contributed by atoms with Crippen LogP contribution >= 0.6 is 0 Å². The maximum Gasteiger partial charge on any atom is 0.113 e. The van der Waals surface area contributed by atoms with Gasteiger partial charge in [0.25, 0.3) is 0 Å². The van der Waals surface area contributed by atoms with Crippen LogP contribution in [-0.2, 0) is 0 Å². The van der Waals surface area contributed by atoms with Crippen molar-refractivity contribution in [3.05, 3.63) is 30.3 Å². The van der Waals surface area contributed by atoms with E-state index in [1.54, 1.807) is 0 Å². The Balaban J connectivity index is 2.60. The molecule has 0 aliphatic heterocycles. The first kappa shape index (κ1) is 13.5. The quantitative estimate of drug-likeness (QED) is 0.783. The predicted molar refractivity (Wildman–Crippen MR) is 72.0 cm³/mol. The summed E-state index contributed by atoms with van der Waals surface area (Å²) in [5, 5.41) is 12.4. The standard InChI is InChI=1S/C14H21N3/c1-3-10-16-13(11-15)12-17(4-2)14-8-6-5-7-9-14/h5-9,13,16H,3-4,10,12H2,1-2H3. The Morgan fingerprint density at radius 2 is 2.00 bits per heavy atom. The largest absolute Gasteiger partial charge is 0.369 e. The zero-order valence-electron chi connectivity index (χ0n) is 10.7. The Hall–Kier alpha value is -1.53. The molecule has 17 heavy (non-hydrogen) atoms. The highest BCUT2D eigenvalue weighted by molar-refractivity contribution is 5.46. The molecule has 1 N–H and O–H groups in total. The van der Waals surface area contributed by atoms with E-state index in [0.717, 1.165) is 26.1 Å². The summed E-state index contributed by atoms with van der Waals surface area (Å²) in [5.41, 5.74) is 1.17. The Morgan fingerprint density at radius 3 is 2.53 bits per heavy atom. The van der Waals surface area contributed by atoms with Gasteiger partial charge in [0.2, 0.25) is 0 Å². The van der Waals surface area contributed by atoms with E-state index in [9.17, 15) is 0 Å². The monoisotopic (exact) mass is 231 g/mol. The molecule has 0 heterocycles. The van der Waals surface area contributed by atoms with Crippen molar-refractivity contribution in [1.29, 1.82) is 5.26 Å². The number of nitrogens with zero attached hydrogens (tertiary/aromatic N) is 2. The van der Waals surface area contributed by atoms with Gasteiger partial charge in [0.05, 0.1) is 6.07 Å². The highest BCUT2D eigenvalue weighted by Crippen LogP contribution is 2.12. The maximum absolute atomic E-state index is 9.10. The first-order valence-corrected chi connectivity index (χ1v) is 6.24. The molecular formula is C14H21N3. The van der Waals surface area contributed by atoms with Crippen LogP contribution in [0.3, 0.4) is 0 Å². The molecule has 1 atom stereocenters. The second-order valence-electron chi connectivity index (χ2n) is 4.01. The molecule has 1 unspecified atom stereocenters. The molecular weight excluding hydrogens is 210 g/mol. The molecule has 0 amide bonds. The highest BCUT2D eigenvalue weighted by Gasteiger charge is 2.11. The topological polar surface area (TPSA) is 39.1 Å². The average Bonchev–Trinajstić information content (AvgIpc) is 2.40. The molecule has 0 radical (unpaired) electrons. The summed E-state index contributed by atoms with van der Waals surface area (Å²) in [6.45, 7) is 6.76. The molecule has 3 heteroatoms. The van der Waals surface area contributed by atoms with E-state index in [1.165, 1.54) is 5.69 Å². The second kappa shape index (κ2) is 7.70. The lowest BCUT2D eigenvalue weighted by atomic mass is 10.2. The van der Waals surface area contributed by atoms with E-state index >= 15 is 0 Å². The fourth-order valence-electron chi connectivity index (χ4n) is 1.75. The molecule has 92 valence electrons. The van der Waals surface area contributed by atoms with E-state index in [2.05, 4.69) is 42.3 Å². The molecule has 0 aromatic heterocycles. The minimum atomic E-state index is -0.102. The van der Waals surface area contributed by atoms with Crippen molar-refractivity contribution in [1.82, 2.24) is 5.32 Å². The number of hydrogen-bond acceptors (Lipinski definition) is 3. The van der Waals surface area contributed by atoms with Gasteiger partial charge in [0.15, 0.2) is 0 Å². The summed E-state index contributed by atoms with van der Waals surface area (Å²) in [6, 6.07) is 12.4. The SMILES string of the molecule is CCCNC(C#N)CN(CC)c1ccccc1. The first-order chi connectivity index (χ1) is 8.31. The van der Waals surface area contributed by atoms with Crippen LogP contribution in [0.1, 0.15) is 20.3 Å². The van der Waals surface area contributed by atoms with Crippen LogP contribution < -0.4 is 10.2 Å². The number of nitriles is 1. The highest BCUT2D eigenvalue weighted by atomic mass is 15.1. The third kappa shape index (κ3) is 4.46. The minimum absolute atomic E-state index is 0.102. The summed E-state index contributed by atoms with van der Waals surface area (Å²) in [4.78, 5) is 2.22. The van der Waals surface area contributed by atoms with Crippen LogP contribution in [0.4, 0.5) is 5.69 Å². The van der Waals surface area contributed by atoms with Crippen molar-refractivity contribution < 1.29 is 0 Å². The second-order valence-corrected chi connectivity index (χ2v) is 4.01. The van der Waals surface area contributed by atoms with Crippen LogP contribution in [0, 0.1) is 11.3 Å². The van der Waals surface area contributed by atoms with Gasteiger partial charge in [-0.2, -0.15) is 5.26 Å². The molecule has 0 saturated heterocycles. The van der Waals surface area contributed by atoms with Crippen LogP contribution in [0.2, 0.25) is 0 Å². The van der Waals surface area contributed by atoms with Crippen molar-refractivity contribution in [2.75, 3.05) is 24.5 Å². The van der Waals surface area contributed by atoms with Crippen molar-refractivity contribution in [2.45, 2.75) is 26.3 Å². The molecule has 1 rings (SSSR count). The Labute approximate surface area is 104 Å². The zero-order valence-corrected chi connectivity index (χ0v) is 10.7. The summed E-state index contributed by atoms with van der Waals surface area (Å²) >= 11 is 0. The van der Waals surface area contributed by atoms with Crippen molar-refractivity contribution in [3.8, 4) is 6.07 Å². The van der Waals surface area contributed by atoms with Crippen molar-refractivity contribution in [2.24, 2.45) is 0 Å². The maximum atomic E-state index is 9.10. The van der Waals surface area contributed by atoms with Crippen LogP contribution in [0.5, 0.6) is 0 Å². The Bertz CT molecular complexity index is 342. The third-order valence-electron chi connectivity index (χ3n) is 2.70.